The summed E-state index contributed by atoms with van der Waals surface area (Å²) in [5.74, 6) is 1.46. The predicted molar refractivity (Wildman–Crippen MR) is 94.6 cm³/mol. The van der Waals surface area contributed by atoms with E-state index in [1.54, 1.807) is 0 Å². The van der Waals surface area contributed by atoms with Gasteiger partial charge < -0.3 is 14.7 Å². The number of benzene rings is 1. The highest BCUT2D eigenvalue weighted by Crippen LogP contribution is 2.19. The minimum Gasteiger partial charge on any atom is -0.492 e. The van der Waals surface area contributed by atoms with Crippen LogP contribution in [0.1, 0.15) is 18.1 Å². The van der Waals surface area contributed by atoms with Gasteiger partial charge in [0.15, 0.2) is 0 Å². The molecule has 0 fully saturated rings. The first-order chi connectivity index (χ1) is 10.7. The fourth-order valence-corrected chi connectivity index (χ4v) is 2.83. The minimum absolute atomic E-state index is 0.460. The van der Waals surface area contributed by atoms with Crippen molar-refractivity contribution in [2.45, 2.75) is 12.5 Å². The van der Waals surface area contributed by atoms with Crippen LogP contribution < -0.4 is 4.74 Å². The van der Waals surface area contributed by atoms with E-state index in [0.29, 0.717) is 17.9 Å². The van der Waals surface area contributed by atoms with E-state index in [9.17, 15) is 5.11 Å². The third kappa shape index (κ3) is 5.59. The van der Waals surface area contributed by atoms with Crippen LogP contribution in [-0.2, 0) is 0 Å². The Bertz CT molecular complexity index is 498. The molecule has 2 atom stereocenters. The summed E-state index contributed by atoms with van der Waals surface area (Å²) in [5, 5.41) is 10.3. The third-order valence-corrected chi connectivity index (χ3v) is 4.38. The van der Waals surface area contributed by atoms with Crippen molar-refractivity contribution in [2.24, 2.45) is 5.92 Å². The molecule has 1 aromatic rings. The van der Waals surface area contributed by atoms with Crippen molar-refractivity contribution in [1.82, 2.24) is 4.90 Å². The van der Waals surface area contributed by atoms with E-state index in [4.69, 9.17) is 4.74 Å². The Labute approximate surface area is 141 Å². The van der Waals surface area contributed by atoms with Crippen molar-refractivity contribution >= 4 is 15.9 Å². The standard InChI is InChI=1S/C18H24BrNO2/c1-20(14-15-5-3-2-4-6-15)11-12-22-17-9-7-16(8-10-17)18(21)13-19/h2-5,7-10,15,18,21H,6,11-14H2,1H3. The number of hydrogen-bond acceptors (Lipinski definition) is 3. The molecule has 0 aromatic heterocycles. The molecule has 1 aromatic carbocycles. The van der Waals surface area contributed by atoms with Gasteiger partial charge in [-0.15, -0.1) is 0 Å². The number of likely N-dealkylation sites (N-methyl/N-ethyl adjacent to an activating group) is 1. The summed E-state index contributed by atoms with van der Waals surface area (Å²) in [5.41, 5.74) is 0.901. The van der Waals surface area contributed by atoms with Crippen molar-refractivity contribution in [2.75, 3.05) is 32.1 Å². The van der Waals surface area contributed by atoms with Crippen molar-refractivity contribution in [1.29, 1.82) is 0 Å². The van der Waals surface area contributed by atoms with Gasteiger partial charge in [0.1, 0.15) is 12.4 Å². The Morgan fingerprint density at radius 3 is 2.73 bits per heavy atom. The highest BCUT2D eigenvalue weighted by Gasteiger charge is 2.09. The van der Waals surface area contributed by atoms with Crippen molar-refractivity contribution in [3.05, 3.63) is 54.1 Å². The Hall–Kier alpha value is -1.10. The summed E-state index contributed by atoms with van der Waals surface area (Å²) in [4.78, 5) is 2.30. The Morgan fingerprint density at radius 2 is 2.09 bits per heavy atom. The lowest BCUT2D eigenvalue weighted by atomic mass is 10.0. The second-order valence-electron chi connectivity index (χ2n) is 5.66. The van der Waals surface area contributed by atoms with E-state index in [2.05, 4.69) is 52.2 Å². The maximum atomic E-state index is 9.72. The maximum Gasteiger partial charge on any atom is 0.119 e. The Morgan fingerprint density at radius 1 is 1.32 bits per heavy atom. The molecule has 1 N–H and O–H groups in total. The zero-order chi connectivity index (χ0) is 15.8. The van der Waals surface area contributed by atoms with Gasteiger partial charge in [-0.2, -0.15) is 0 Å². The topological polar surface area (TPSA) is 32.7 Å². The molecule has 0 amide bonds. The molecule has 0 saturated carbocycles. The smallest absolute Gasteiger partial charge is 0.119 e. The average molecular weight is 366 g/mol. The monoisotopic (exact) mass is 365 g/mol. The number of alkyl halides is 1. The normalized spacial score (nSPS) is 18.6. The number of halogens is 1. The summed E-state index contributed by atoms with van der Waals surface area (Å²) >= 11 is 3.27. The molecule has 22 heavy (non-hydrogen) atoms. The van der Waals surface area contributed by atoms with Crippen molar-refractivity contribution in [3.8, 4) is 5.75 Å². The molecule has 0 aliphatic heterocycles. The molecule has 0 radical (unpaired) electrons. The molecule has 0 spiro atoms. The molecule has 4 heteroatoms. The second kappa shape index (κ2) is 9.13. The first kappa shape index (κ1) is 17.3. The lowest BCUT2D eigenvalue weighted by Crippen LogP contribution is -2.29. The number of rotatable bonds is 8. The van der Waals surface area contributed by atoms with Crippen LogP contribution >= 0.6 is 15.9 Å². The van der Waals surface area contributed by atoms with Crippen LogP contribution in [0.25, 0.3) is 0 Å². The van der Waals surface area contributed by atoms with Crippen molar-refractivity contribution < 1.29 is 9.84 Å². The molecule has 0 bridgehead atoms. The second-order valence-corrected chi connectivity index (χ2v) is 6.31. The van der Waals surface area contributed by atoms with E-state index in [1.165, 1.54) is 0 Å². The van der Waals surface area contributed by atoms with E-state index in [0.717, 1.165) is 30.8 Å². The van der Waals surface area contributed by atoms with Gasteiger partial charge in [-0.3, -0.25) is 0 Å². The summed E-state index contributed by atoms with van der Waals surface area (Å²) in [6, 6.07) is 7.64. The van der Waals surface area contributed by atoms with Crippen LogP contribution in [0.15, 0.2) is 48.6 Å². The zero-order valence-corrected chi connectivity index (χ0v) is 14.6. The third-order valence-electron chi connectivity index (χ3n) is 3.77. The quantitative estimate of drug-likeness (QED) is 0.715. The van der Waals surface area contributed by atoms with Gasteiger partial charge in [-0.1, -0.05) is 52.4 Å². The molecular formula is C18H24BrNO2. The molecule has 0 saturated heterocycles. The SMILES string of the molecule is CN(CCOc1ccc(C(O)CBr)cc1)CC1C=CC=CC1. The van der Waals surface area contributed by atoms with Crippen LogP contribution in [-0.4, -0.2) is 42.1 Å². The van der Waals surface area contributed by atoms with Crippen molar-refractivity contribution in [3.63, 3.8) is 0 Å². The number of aliphatic hydroxyl groups is 1. The first-order valence-corrected chi connectivity index (χ1v) is 8.80. The number of hydrogen-bond donors (Lipinski definition) is 1. The van der Waals surface area contributed by atoms with Gasteiger partial charge in [0.25, 0.3) is 0 Å². The molecule has 1 aliphatic carbocycles. The van der Waals surface area contributed by atoms with Crippen LogP contribution in [0.5, 0.6) is 5.75 Å². The number of allylic oxidation sites excluding steroid dienone is 3. The molecule has 1 aliphatic rings. The van der Waals surface area contributed by atoms with Gasteiger partial charge in [-0.25, -0.2) is 0 Å². The average Bonchev–Trinajstić information content (AvgIpc) is 2.55. The molecule has 120 valence electrons. The van der Waals surface area contributed by atoms with Gasteiger partial charge in [0.2, 0.25) is 0 Å². The predicted octanol–water partition coefficient (Wildman–Crippen LogP) is 3.56. The van der Waals surface area contributed by atoms with Gasteiger partial charge in [0.05, 0.1) is 6.10 Å². The Balaban J connectivity index is 1.69. The van der Waals surface area contributed by atoms with E-state index in [-0.39, 0.29) is 0 Å². The summed E-state index contributed by atoms with van der Waals surface area (Å²) in [6.07, 6.45) is 9.39. The summed E-state index contributed by atoms with van der Waals surface area (Å²) in [7, 11) is 2.13. The lowest BCUT2D eigenvalue weighted by Gasteiger charge is -2.22. The van der Waals surface area contributed by atoms with E-state index >= 15 is 0 Å². The van der Waals surface area contributed by atoms with Gasteiger partial charge >= 0.3 is 0 Å². The number of aliphatic hydroxyl groups excluding tert-OH is 1. The molecule has 3 nitrogen and oxygen atoms in total. The molecular weight excluding hydrogens is 342 g/mol. The van der Waals surface area contributed by atoms with Crippen LogP contribution in [0, 0.1) is 5.92 Å². The molecule has 0 heterocycles. The summed E-state index contributed by atoms with van der Waals surface area (Å²) in [6.45, 7) is 2.63. The highest BCUT2D eigenvalue weighted by molar-refractivity contribution is 9.09. The highest BCUT2D eigenvalue weighted by atomic mass is 79.9. The first-order valence-electron chi connectivity index (χ1n) is 7.67. The van der Waals surface area contributed by atoms with Crippen LogP contribution in [0.4, 0.5) is 0 Å². The van der Waals surface area contributed by atoms with Crippen LogP contribution in [0.2, 0.25) is 0 Å². The molecule has 2 unspecified atom stereocenters. The number of nitrogens with zero attached hydrogens (tertiary/aromatic N) is 1. The van der Waals surface area contributed by atoms with Crippen LogP contribution in [0.3, 0.4) is 0 Å². The van der Waals surface area contributed by atoms with Gasteiger partial charge in [-0.05, 0) is 37.1 Å². The summed E-state index contributed by atoms with van der Waals surface area (Å²) < 4.78 is 5.77. The fraction of sp³-hybridized carbons (Fsp3) is 0.444. The zero-order valence-electron chi connectivity index (χ0n) is 13.0. The largest absolute Gasteiger partial charge is 0.492 e. The fourth-order valence-electron chi connectivity index (χ4n) is 2.45. The minimum atomic E-state index is -0.460. The van der Waals surface area contributed by atoms with E-state index < -0.39 is 6.10 Å². The van der Waals surface area contributed by atoms with Gasteiger partial charge in [0, 0.05) is 18.4 Å². The maximum absolute atomic E-state index is 9.72. The van der Waals surface area contributed by atoms with E-state index in [1.807, 2.05) is 24.3 Å². The lowest BCUT2D eigenvalue weighted by molar-refractivity contribution is 0.205. The molecule has 2 rings (SSSR count). The Kier molecular flexibility index (Phi) is 7.16. The number of ether oxygens (including phenoxy) is 1.